The number of fused-ring (bicyclic) bond motifs is 1. The minimum Gasteiger partial charge on any atom is -0.374 e. The van der Waals surface area contributed by atoms with E-state index in [2.05, 4.69) is 10.6 Å². The van der Waals surface area contributed by atoms with E-state index < -0.39 is 0 Å². The van der Waals surface area contributed by atoms with Gasteiger partial charge in [-0.2, -0.15) is 0 Å². The molecule has 0 fully saturated rings. The van der Waals surface area contributed by atoms with Gasteiger partial charge in [0.1, 0.15) is 0 Å². The number of hydrogen-bond donors (Lipinski definition) is 2. The Morgan fingerprint density at radius 1 is 0.909 bits per heavy atom. The average molecular weight is 297 g/mol. The Morgan fingerprint density at radius 2 is 1.59 bits per heavy atom. The number of anilines is 3. The molecule has 3 amide bonds. The summed E-state index contributed by atoms with van der Waals surface area (Å²) in [6.45, 7) is 0.226. The van der Waals surface area contributed by atoms with Crippen LogP contribution in [0.2, 0.25) is 0 Å². The van der Waals surface area contributed by atoms with Crippen molar-refractivity contribution < 1.29 is 14.4 Å². The average Bonchev–Trinajstić information content (AvgIpc) is 2.79. The lowest BCUT2D eigenvalue weighted by atomic mass is 9.93. The number of nitrogens with zero attached hydrogens (tertiary/aromatic N) is 1. The van der Waals surface area contributed by atoms with Gasteiger partial charge in [0, 0.05) is 11.1 Å². The summed E-state index contributed by atoms with van der Waals surface area (Å²) < 4.78 is 0. The van der Waals surface area contributed by atoms with E-state index in [0.717, 1.165) is 18.5 Å². The van der Waals surface area contributed by atoms with E-state index in [1.807, 2.05) is 0 Å². The third-order valence-corrected chi connectivity index (χ3v) is 4.37. The van der Waals surface area contributed by atoms with E-state index in [-0.39, 0.29) is 24.3 Å². The van der Waals surface area contributed by atoms with Gasteiger partial charge in [-0.1, -0.05) is 0 Å². The molecule has 6 nitrogen and oxygen atoms in total. The molecule has 0 radical (unpaired) electrons. The van der Waals surface area contributed by atoms with E-state index in [4.69, 9.17) is 0 Å². The molecular formula is C16H15N3O3. The first-order valence-corrected chi connectivity index (χ1v) is 7.44. The van der Waals surface area contributed by atoms with Crippen LogP contribution in [-0.4, -0.2) is 24.3 Å². The van der Waals surface area contributed by atoms with Crippen LogP contribution in [0.1, 0.15) is 25.7 Å². The van der Waals surface area contributed by atoms with E-state index >= 15 is 0 Å². The Hall–Kier alpha value is -2.63. The Morgan fingerprint density at radius 3 is 2.27 bits per heavy atom. The number of amides is 3. The predicted octanol–water partition coefficient (Wildman–Crippen LogP) is 1.79. The van der Waals surface area contributed by atoms with E-state index in [0.29, 0.717) is 35.4 Å². The van der Waals surface area contributed by atoms with Crippen LogP contribution in [0.15, 0.2) is 29.3 Å². The van der Waals surface area contributed by atoms with Crippen molar-refractivity contribution in [1.82, 2.24) is 0 Å². The minimum atomic E-state index is -0.213. The molecule has 0 saturated carbocycles. The summed E-state index contributed by atoms with van der Waals surface area (Å²) in [5, 5.41) is 5.74. The third kappa shape index (κ3) is 1.83. The number of carbonyl (C=O) groups excluding carboxylic acids is 3. The smallest absolute Gasteiger partial charge is 0.261 e. The summed E-state index contributed by atoms with van der Waals surface area (Å²) in [7, 11) is 0. The summed E-state index contributed by atoms with van der Waals surface area (Å²) >= 11 is 0. The summed E-state index contributed by atoms with van der Waals surface area (Å²) in [5.41, 5.74) is 3.22. The normalized spacial score (nSPS) is 20.5. The third-order valence-electron chi connectivity index (χ3n) is 4.37. The molecule has 0 bridgehead atoms. The van der Waals surface area contributed by atoms with Crippen molar-refractivity contribution in [3.05, 3.63) is 29.3 Å². The molecule has 1 aromatic rings. The van der Waals surface area contributed by atoms with Gasteiger partial charge in [0.05, 0.1) is 23.6 Å². The minimum absolute atomic E-state index is 0.138. The van der Waals surface area contributed by atoms with Crippen molar-refractivity contribution >= 4 is 34.8 Å². The van der Waals surface area contributed by atoms with Crippen molar-refractivity contribution in [2.75, 3.05) is 22.1 Å². The fourth-order valence-corrected chi connectivity index (χ4v) is 3.27. The van der Waals surface area contributed by atoms with Crippen LogP contribution in [0.3, 0.4) is 0 Å². The molecule has 22 heavy (non-hydrogen) atoms. The SMILES string of the molecule is O=C1CNc2ccc(N3C(=O)C4=C(CCCC4)C3=O)cc2N1. The largest absolute Gasteiger partial charge is 0.374 e. The number of nitrogens with one attached hydrogen (secondary N) is 2. The van der Waals surface area contributed by atoms with Crippen molar-refractivity contribution in [2.24, 2.45) is 0 Å². The zero-order valence-corrected chi connectivity index (χ0v) is 11.9. The molecule has 2 heterocycles. The monoisotopic (exact) mass is 297 g/mol. The molecule has 3 aliphatic rings. The summed E-state index contributed by atoms with van der Waals surface area (Å²) in [6, 6.07) is 5.19. The molecule has 0 atom stereocenters. The second kappa shape index (κ2) is 4.69. The topological polar surface area (TPSA) is 78.5 Å². The van der Waals surface area contributed by atoms with Crippen molar-refractivity contribution in [1.29, 1.82) is 0 Å². The lowest BCUT2D eigenvalue weighted by Gasteiger charge is -2.22. The molecule has 0 aromatic heterocycles. The highest BCUT2D eigenvalue weighted by molar-refractivity contribution is 6.33. The Bertz CT molecular complexity index is 723. The number of rotatable bonds is 1. The summed E-state index contributed by atoms with van der Waals surface area (Å²) in [4.78, 5) is 37.8. The quantitative estimate of drug-likeness (QED) is 0.775. The van der Waals surface area contributed by atoms with Gasteiger partial charge in [-0.3, -0.25) is 14.4 Å². The van der Waals surface area contributed by atoms with Gasteiger partial charge < -0.3 is 10.6 Å². The van der Waals surface area contributed by atoms with Gasteiger partial charge in [0.2, 0.25) is 5.91 Å². The van der Waals surface area contributed by atoms with Gasteiger partial charge in [-0.15, -0.1) is 0 Å². The lowest BCUT2D eigenvalue weighted by molar-refractivity contribution is -0.120. The van der Waals surface area contributed by atoms with Gasteiger partial charge in [0.15, 0.2) is 0 Å². The molecular weight excluding hydrogens is 282 g/mol. The second-order valence-corrected chi connectivity index (χ2v) is 5.74. The Balaban J connectivity index is 1.71. The van der Waals surface area contributed by atoms with Gasteiger partial charge in [-0.05, 0) is 43.9 Å². The molecule has 112 valence electrons. The molecule has 2 aliphatic heterocycles. The number of imide groups is 1. The van der Waals surface area contributed by atoms with Crippen molar-refractivity contribution in [3.8, 4) is 0 Å². The van der Waals surface area contributed by atoms with E-state index in [1.54, 1.807) is 18.2 Å². The summed E-state index contributed by atoms with van der Waals surface area (Å²) in [6.07, 6.45) is 3.27. The van der Waals surface area contributed by atoms with Crippen molar-refractivity contribution in [3.63, 3.8) is 0 Å². The van der Waals surface area contributed by atoms with Crippen LogP contribution in [-0.2, 0) is 14.4 Å². The fraction of sp³-hybridized carbons (Fsp3) is 0.312. The van der Waals surface area contributed by atoms with Crippen LogP contribution in [0.5, 0.6) is 0 Å². The van der Waals surface area contributed by atoms with Crippen LogP contribution >= 0.6 is 0 Å². The zero-order chi connectivity index (χ0) is 15.3. The standard InChI is InChI=1S/C16H15N3O3/c20-14-8-17-12-6-5-9(7-13(12)18-14)19-15(21)10-3-1-2-4-11(10)16(19)22/h5-7,17H,1-4,8H2,(H,18,20). The first-order chi connectivity index (χ1) is 10.6. The first kappa shape index (κ1) is 13.1. The van der Waals surface area contributed by atoms with Gasteiger partial charge in [0.25, 0.3) is 11.8 Å². The molecule has 0 unspecified atom stereocenters. The lowest BCUT2D eigenvalue weighted by Crippen LogP contribution is -2.32. The van der Waals surface area contributed by atoms with Gasteiger partial charge >= 0.3 is 0 Å². The predicted molar refractivity (Wildman–Crippen MR) is 81.5 cm³/mol. The molecule has 4 rings (SSSR count). The number of benzene rings is 1. The summed E-state index contributed by atoms with van der Waals surface area (Å²) in [5.74, 6) is -0.564. The Labute approximate surface area is 127 Å². The molecule has 2 N–H and O–H groups in total. The van der Waals surface area contributed by atoms with Crippen LogP contribution < -0.4 is 15.5 Å². The second-order valence-electron chi connectivity index (χ2n) is 5.74. The van der Waals surface area contributed by atoms with E-state index in [1.165, 1.54) is 4.90 Å². The van der Waals surface area contributed by atoms with Gasteiger partial charge in [-0.25, -0.2) is 4.90 Å². The highest BCUT2D eigenvalue weighted by atomic mass is 16.2. The molecule has 1 aliphatic carbocycles. The number of hydrogen-bond acceptors (Lipinski definition) is 4. The number of carbonyl (C=O) groups is 3. The maximum absolute atomic E-state index is 12.5. The molecule has 0 saturated heterocycles. The van der Waals surface area contributed by atoms with Crippen LogP contribution in [0.4, 0.5) is 17.1 Å². The van der Waals surface area contributed by atoms with Crippen molar-refractivity contribution in [2.45, 2.75) is 25.7 Å². The Kier molecular flexibility index (Phi) is 2.79. The zero-order valence-electron chi connectivity index (χ0n) is 11.9. The van der Waals surface area contributed by atoms with E-state index in [9.17, 15) is 14.4 Å². The maximum Gasteiger partial charge on any atom is 0.261 e. The molecule has 6 heteroatoms. The molecule has 1 aromatic carbocycles. The highest BCUT2D eigenvalue weighted by Gasteiger charge is 2.39. The molecule has 0 spiro atoms. The first-order valence-electron chi connectivity index (χ1n) is 7.44. The van der Waals surface area contributed by atoms with Crippen LogP contribution in [0.25, 0.3) is 0 Å². The fourth-order valence-electron chi connectivity index (χ4n) is 3.27. The highest BCUT2D eigenvalue weighted by Crippen LogP contribution is 2.37. The maximum atomic E-state index is 12.5. The van der Waals surface area contributed by atoms with Crippen LogP contribution in [0, 0.1) is 0 Å².